The van der Waals surface area contributed by atoms with Crippen LogP contribution in [-0.4, -0.2) is 27.4 Å². The number of benzene rings is 2. The second-order valence-electron chi connectivity index (χ2n) is 5.63. The summed E-state index contributed by atoms with van der Waals surface area (Å²) in [6.07, 6.45) is 1.39. The standard InChI is InChI=1S/C18H13N5O4S/c24-17(16-2-1-9-26-16)27-13-6-4-12(5-7-13)23(28)18(25)19-11-3-8-14-15(10-11)21-22-20-14/h1-10,28H,(H,19,25)(H,20,21,22). The van der Waals surface area contributed by atoms with E-state index in [-0.39, 0.29) is 5.76 Å². The summed E-state index contributed by atoms with van der Waals surface area (Å²) < 4.78 is 11.3. The molecule has 2 amide bonds. The molecule has 0 saturated heterocycles. The first-order chi connectivity index (χ1) is 13.6. The number of H-pyrrole nitrogens is 1. The smallest absolute Gasteiger partial charge is 0.379 e. The number of rotatable bonds is 4. The number of aromatic nitrogens is 3. The van der Waals surface area contributed by atoms with Gasteiger partial charge in [-0.1, -0.05) is 12.8 Å². The van der Waals surface area contributed by atoms with Crippen LogP contribution in [0.2, 0.25) is 0 Å². The predicted molar refractivity (Wildman–Crippen MR) is 104 cm³/mol. The van der Waals surface area contributed by atoms with Crippen molar-refractivity contribution in [1.29, 1.82) is 0 Å². The number of hydrogen-bond acceptors (Lipinski definition) is 7. The highest BCUT2D eigenvalue weighted by molar-refractivity contribution is 7.82. The second kappa shape index (κ2) is 7.45. The van der Waals surface area contributed by atoms with Gasteiger partial charge in [0.15, 0.2) is 0 Å². The van der Waals surface area contributed by atoms with Gasteiger partial charge in [0.2, 0.25) is 5.76 Å². The minimum absolute atomic E-state index is 0.100. The van der Waals surface area contributed by atoms with Crippen molar-refractivity contribution in [3.05, 3.63) is 66.6 Å². The predicted octanol–water partition coefficient (Wildman–Crippen LogP) is 3.65. The van der Waals surface area contributed by atoms with Crippen molar-refractivity contribution >= 4 is 47.2 Å². The molecule has 0 unspecified atom stereocenters. The molecule has 2 aromatic carbocycles. The van der Waals surface area contributed by atoms with E-state index < -0.39 is 12.0 Å². The molecule has 4 aromatic rings. The number of amides is 2. The first-order valence-electron chi connectivity index (χ1n) is 8.06. The van der Waals surface area contributed by atoms with Crippen molar-refractivity contribution in [3.8, 4) is 5.75 Å². The molecule has 2 aromatic heterocycles. The molecule has 0 aliphatic rings. The molecule has 0 spiro atoms. The number of furan rings is 1. The summed E-state index contributed by atoms with van der Waals surface area (Å²) in [4.78, 5) is 24.3. The Hall–Kier alpha value is -3.79. The topological polar surface area (TPSA) is 113 Å². The minimum atomic E-state index is -0.610. The van der Waals surface area contributed by atoms with Gasteiger partial charge in [0, 0.05) is 5.69 Å². The van der Waals surface area contributed by atoms with E-state index in [0.717, 1.165) is 4.31 Å². The fourth-order valence-electron chi connectivity index (χ4n) is 2.42. The SMILES string of the molecule is O=C(Oc1ccc(N(S)C(=O)Nc2ccc3n[nH]nc3c2)cc1)c1ccco1. The molecule has 2 heterocycles. The van der Waals surface area contributed by atoms with Crippen LogP contribution in [0.15, 0.2) is 65.3 Å². The third-order valence-corrected chi connectivity index (χ3v) is 4.19. The zero-order valence-corrected chi connectivity index (χ0v) is 15.1. The number of nitrogens with zero attached hydrogens (tertiary/aromatic N) is 3. The fraction of sp³-hybridized carbons (Fsp3) is 0. The molecule has 28 heavy (non-hydrogen) atoms. The largest absolute Gasteiger partial charge is 0.457 e. The van der Waals surface area contributed by atoms with Gasteiger partial charge in [0.1, 0.15) is 16.8 Å². The molecular formula is C18H13N5O4S. The number of esters is 1. The Morgan fingerprint density at radius 1 is 1.07 bits per heavy atom. The third kappa shape index (κ3) is 3.67. The maximum absolute atomic E-state index is 12.4. The lowest BCUT2D eigenvalue weighted by Crippen LogP contribution is -2.26. The zero-order chi connectivity index (χ0) is 19.5. The van der Waals surface area contributed by atoms with Crippen LogP contribution in [-0.2, 0) is 0 Å². The van der Waals surface area contributed by atoms with Gasteiger partial charge in [0.25, 0.3) is 0 Å². The van der Waals surface area contributed by atoms with Crippen LogP contribution < -0.4 is 14.4 Å². The monoisotopic (exact) mass is 395 g/mol. The van der Waals surface area contributed by atoms with Crippen LogP contribution in [0.5, 0.6) is 5.75 Å². The molecule has 0 fully saturated rings. The molecule has 0 bridgehead atoms. The Balaban J connectivity index is 1.41. The number of thiol groups is 1. The average Bonchev–Trinajstić information content (AvgIpc) is 3.39. The zero-order valence-electron chi connectivity index (χ0n) is 14.2. The number of carbonyl (C=O) groups is 2. The summed E-state index contributed by atoms with van der Waals surface area (Å²) in [7, 11) is 0. The lowest BCUT2D eigenvalue weighted by atomic mass is 10.3. The number of hydrogen-bond donors (Lipinski definition) is 3. The maximum atomic E-state index is 12.4. The molecule has 2 N–H and O–H groups in total. The number of aromatic amines is 1. The fourth-order valence-corrected chi connectivity index (χ4v) is 2.60. The highest BCUT2D eigenvalue weighted by Gasteiger charge is 2.15. The summed E-state index contributed by atoms with van der Waals surface area (Å²) in [6.45, 7) is 0. The Morgan fingerprint density at radius 3 is 2.61 bits per heavy atom. The average molecular weight is 395 g/mol. The number of anilines is 2. The van der Waals surface area contributed by atoms with Gasteiger partial charge in [-0.05, 0) is 54.6 Å². The van der Waals surface area contributed by atoms with Crippen LogP contribution in [0.1, 0.15) is 10.6 Å². The van der Waals surface area contributed by atoms with E-state index in [1.807, 2.05) is 0 Å². The highest BCUT2D eigenvalue weighted by atomic mass is 32.1. The van der Waals surface area contributed by atoms with Gasteiger partial charge in [-0.3, -0.25) is 0 Å². The van der Waals surface area contributed by atoms with Gasteiger partial charge in [-0.2, -0.15) is 15.4 Å². The summed E-state index contributed by atoms with van der Waals surface area (Å²) >= 11 is 4.22. The summed E-state index contributed by atoms with van der Waals surface area (Å²) in [5.74, 6) is -0.200. The first-order valence-corrected chi connectivity index (χ1v) is 8.46. The minimum Gasteiger partial charge on any atom is -0.457 e. The molecule has 0 atom stereocenters. The van der Waals surface area contributed by atoms with E-state index in [1.165, 1.54) is 12.3 Å². The van der Waals surface area contributed by atoms with E-state index in [4.69, 9.17) is 9.15 Å². The van der Waals surface area contributed by atoms with Crippen LogP contribution in [0, 0.1) is 0 Å². The van der Waals surface area contributed by atoms with E-state index in [9.17, 15) is 9.59 Å². The molecule has 0 radical (unpaired) electrons. The molecule has 140 valence electrons. The Kier molecular flexibility index (Phi) is 4.68. The van der Waals surface area contributed by atoms with Crippen molar-refractivity contribution in [1.82, 2.24) is 15.4 Å². The Labute approximate surface area is 163 Å². The number of ether oxygens (including phenoxy) is 1. The maximum Gasteiger partial charge on any atom is 0.379 e. The van der Waals surface area contributed by atoms with Crippen molar-refractivity contribution in [2.24, 2.45) is 0 Å². The quantitative estimate of drug-likeness (QED) is 0.276. The summed E-state index contributed by atoms with van der Waals surface area (Å²) in [6, 6.07) is 14.1. The lowest BCUT2D eigenvalue weighted by molar-refractivity contribution is 0.0701. The van der Waals surface area contributed by atoms with E-state index in [0.29, 0.717) is 28.2 Å². The van der Waals surface area contributed by atoms with Crippen LogP contribution in [0.25, 0.3) is 11.0 Å². The van der Waals surface area contributed by atoms with Gasteiger partial charge >= 0.3 is 12.0 Å². The first kappa shape index (κ1) is 17.6. The van der Waals surface area contributed by atoms with E-state index in [1.54, 1.807) is 48.5 Å². The Morgan fingerprint density at radius 2 is 1.86 bits per heavy atom. The molecule has 0 saturated carbocycles. The van der Waals surface area contributed by atoms with E-state index >= 15 is 0 Å². The van der Waals surface area contributed by atoms with Gasteiger partial charge in [-0.25, -0.2) is 13.9 Å². The number of carbonyl (C=O) groups excluding carboxylic acids is 2. The molecule has 4 rings (SSSR count). The van der Waals surface area contributed by atoms with Gasteiger partial charge in [0.05, 0.1) is 12.0 Å². The highest BCUT2D eigenvalue weighted by Crippen LogP contribution is 2.23. The van der Waals surface area contributed by atoms with Crippen LogP contribution >= 0.6 is 12.8 Å². The van der Waals surface area contributed by atoms with Crippen LogP contribution in [0.3, 0.4) is 0 Å². The van der Waals surface area contributed by atoms with Gasteiger partial charge < -0.3 is 14.5 Å². The third-order valence-electron chi connectivity index (χ3n) is 3.77. The number of fused-ring (bicyclic) bond motifs is 1. The lowest BCUT2D eigenvalue weighted by Gasteiger charge is -2.17. The van der Waals surface area contributed by atoms with Gasteiger partial charge in [-0.15, -0.1) is 0 Å². The van der Waals surface area contributed by atoms with Crippen molar-refractivity contribution in [2.75, 3.05) is 9.62 Å². The van der Waals surface area contributed by atoms with Crippen molar-refractivity contribution < 1.29 is 18.7 Å². The normalized spacial score (nSPS) is 10.6. The second-order valence-corrected chi connectivity index (χ2v) is 6.03. The molecule has 9 nitrogen and oxygen atoms in total. The van der Waals surface area contributed by atoms with Crippen molar-refractivity contribution in [3.63, 3.8) is 0 Å². The Bertz CT molecular complexity index is 1120. The molecule has 10 heteroatoms. The summed E-state index contributed by atoms with van der Waals surface area (Å²) in [5.41, 5.74) is 2.36. The number of urea groups is 1. The molecular weight excluding hydrogens is 382 g/mol. The van der Waals surface area contributed by atoms with Crippen LogP contribution in [0.4, 0.5) is 16.2 Å². The number of nitrogens with one attached hydrogen (secondary N) is 2. The van der Waals surface area contributed by atoms with Crippen molar-refractivity contribution in [2.45, 2.75) is 0 Å². The molecule has 0 aliphatic carbocycles. The molecule has 0 aliphatic heterocycles. The van der Waals surface area contributed by atoms with E-state index in [2.05, 4.69) is 33.5 Å². The summed E-state index contributed by atoms with van der Waals surface area (Å²) in [5, 5.41) is 13.2.